The number of aryl methyl sites for hydroxylation is 1. The van der Waals surface area contributed by atoms with E-state index in [4.69, 9.17) is 9.90 Å². The minimum atomic E-state index is -0.250. The summed E-state index contributed by atoms with van der Waals surface area (Å²) < 4.78 is 1.93. The van der Waals surface area contributed by atoms with Gasteiger partial charge in [0, 0.05) is 30.3 Å². The van der Waals surface area contributed by atoms with Crippen LogP contribution in [0.25, 0.3) is 5.65 Å². The van der Waals surface area contributed by atoms with Gasteiger partial charge in [0.2, 0.25) is 0 Å². The molecule has 1 aliphatic heterocycles. The lowest BCUT2D eigenvalue weighted by Crippen LogP contribution is -2.33. The summed E-state index contributed by atoms with van der Waals surface area (Å²) in [5, 5.41) is 11.3. The summed E-state index contributed by atoms with van der Waals surface area (Å²) >= 11 is 0. The average Bonchev–Trinajstić information content (AvgIpc) is 3.17. The number of nitrogens with zero attached hydrogens (tertiary/aromatic N) is 5. The molecule has 0 atom stereocenters. The number of aromatic amines is 1. The molecule has 0 saturated heterocycles. The van der Waals surface area contributed by atoms with Crippen LogP contribution in [0.15, 0.2) is 18.6 Å². The summed E-state index contributed by atoms with van der Waals surface area (Å²) in [5.74, 6) is 1.14. The Balaban J connectivity index is 0.000000485. The normalized spacial score (nSPS) is 13.4. The second-order valence-electron chi connectivity index (χ2n) is 5.35. The number of fused-ring (bicyclic) bond motifs is 2. The van der Waals surface area contributed by atoms with E-state index >= 15 is 0 Å². The molecule has 2 N–H and O–H groups in total. The van der Waals surface area contributed by atoms with E-state index in [1.165, 1.54) is 17.0 Å². The third kappa shape index (κ3) is 2.63. The molecule has 4 rings (SSSR count). The van der Waals surface area contributed by atoms with Crippen molar-refractivity contribution >= 4 is 17.9 Å². The highest BCUT2D eigenvalue weighted by molar-refractivity contribution is 5.57. The van der Waals surface area contributed by atoms with E-state index in [2.05, 4.69) is 38.8 Å². The lowest BCUT2D eigenvalue weighted by molar-refractivity contribution is -0.122. The molecule has 8 nitrogen and oxygen atoms in total. The fraction of sp³-hybridized carbons (Fsp3) is 0.333. The molecule has 0 aliphatic carbocycles. The van der Waals surface area contributed by atoms with Crippen LogP contribution in [0, 0.1) is 13.8 Å². The molecule has 4 heterocycles. The van der Waals surface area contributed by atoms with Crippen molar-refractivity contribution in [2.45, 2.75) is 26.8 Å². The molecule has 1 aliphatic rings. The van der Waals surface area contributed by atoms with E-state index in [1.807, 2.05) is 10.6 Å². The third-order valence-corrected chi connectivity index (χ3v) is 4.06. The van der Waals surface area contributed by atoms with Crippen molar-refractivity contribution < 1.29 is 9.90 Å². The fourth-order valence-corrected chi connectivity index (χ4v) is 2.88. The van der Waals surface area contributed by atoms with Gasteiger partial charge in [0.15, 0.2) is 5.65 Å². The summed E-state index contributed by atoms with van der Waals surface area (Å²) in [6.07, 6.45) is 4.54. The first-order valence-corrected chi connectivity index (χ1v) is 7.30. The van der Waals surface area contributed by atoms with Crippen molar-refractivity contribution in [2.75, 3.05) is 11.4 Å². The third-order valence-electron chi connectivity index (χ3n) is 4.06. The van der Waals surface area contributed by atoms with Crippen LogP contribution < -0.4 is 4.90 Å². The first kappa shape index (κ1) is 15.0. The van der Waals surface area contributed by atoms with Crippen LogP contribution in [0.3, 0.4) is 0 Å². The summed E-state index contributed by atoms with van der Waals surface area (Å²) in [6.45, 7) is 5.71. The molecule has 0 saturated carbocycles. The summed E-state index contributed by atoms with van der Waals surface area (Å²) in [7, 11) is 0. The molecule has 3 aromatic rings. The second-order valence-corrected chi connectivity index (χ2v) is 5.35. The summed E-state index contributed by atoms with van der Waals surface area (Å²) in [5.41, 5.74) is 5.53. The molecule has 0 unspecified atom stereocenters. The molecule has 8 heteroatoms. The Morgan fingerprint density at radius 2 is 2.17 bits per heavy atom. The molecular weight excluding hydrogens is 296 g/mol. The van der Waals surface area contributed by atoms with Gasteiger partial charge in [0.25, 0.3) is 6.47 Å². The fourth-order valence-electron chi connectivity index (χ4n) is 2.88. The van der Waals surface area contributed by atoms with Gasteiger partial charge in [-0.2, -0.15) is 9.61 Å². The summed E-state index contributed by atoms with van der Waals surface area (Å²) in [6, 6.07) is 1.95. The van der Waals surface area contributed by atoms with E-state index < -0.39 is 0 Å². The number of imidazole rings is 1. The lowest BCUT2D eigenvalue weighted by Gasteiger charge is -2.30. The van der Waals surface area contributed by atoms with Gasteiger partial charge in [0.1, 0.15) is 5.82 Å². The Morgan fingerprint density at radius 1 is 1.39 bits per heavy atom. The highest BCUT2D eigenvalue weighted by Gasteiger charge is 2.23. The average molecular weight is 314 g/mol. The van der Waals surface area contributed by atoms with Crippen LogP contribution in [0.5, 0.6) is 0 Å². The van der Waals surface area contributed by atoms with E-state index in [1.54, 1.807) is 12.5 Å². The van der Waals surface area contributed by atoms with Crippen molar-refractivity contribution in [3.8, 4) is 0 Å². The number of hydrogen-bond acceptors (Lipinski definition) is 5. The van der Waals surface area contributed by atoms with Crippen molar-refractivity contribution in [3.63, 3.8) is 0 Å². The molecular formula is C15H18N6O2. The maximum Gasteiger partial charge on any atom is 0.290 e. The Morgan fingerprint density at radius 3 is 2.96 bits per heavy atom. The van der Waals surface area contributed by atoms with Gasteiger partial charge in [-0.3, -0.25) is 4.79 Å². The quantitative estimate of drug-likeness (QED) is 0.657. The van der Waals surface area contributed by atoms with Crippen molar-refractivity contribution in [2.24, 2.45) is 0 Å². The maximum absolute atomic E-state index is 8.36. The van der Waals surface area contributed by atoms with Gasteiger partial charge in [-0.1, -0.05) is 0 Å². The standard InChI is InChI=1S/C14H16N6.CH2O2/c1-9-10(2)18-13-3-5-17-20(13)14(9)19-6-4-11-12(7-19)16-8-15-11;2-1-3/h3,5,8H,4,6-7H2,1-2H3,(H,15,16);1H,(H,2,3). The van der Waals surface area contributed by atoms with Crippen molar-refractivity contribution in [1.82, 2.24) is 24.6 Å². The molecule has 0 fully saturated rings. The highest BCUT2D eigenvalue weighted by atomic mass is 16.3. The van der Waals surface area contributed by atoms with Crippen molar-refractivity contribution in [1.29, 1.82) is 0 Å². The van der Waals surface area contributed by atoms with E-state index in [0.29, 0.717) is 0 Å². The van der Waals surface area contributed by atoms with Crippen LogP contribution in [-0.2, 0) is 17.8 Å². The van der Waals surface area contributed by atoms with E-state index in [9.17, 15) is 0 Å². The van der Waals surface area contributed by atoms with Crippen LogP contribution in [-0.4, -0.2) is 42.7 Å². The number of aromatic nitrogens is 5. The molecule has 0 radical (unpaired) electrons. The molecule has 0 bridgehead atoms. The predicted molar refractivity (Wildman–Crippen MR) is 84.5 cm³/mol. The van der Waals surface area contributed by atoms with Gasteiger partial charge >= 0.3 is 0 Å². The Hall–Kier alpha value is -2.90. The minimum absolute atomic E-state index is 0.250. The zero-order chi connectivity index (χ0) is 16.4. The van der Waals surface area contributed by atoms with Crippen molar-refractivity contribution in [3.05, 3.63) is 41.2 Å². The van der Waals surface area contributed by atoms with Crippen LogP contribution >= 0.6 is 0 Å². The first-order valence-electron chi connectivity index (χ1n) is 7.30. The van der Waals surface area contributed by atoms with E-state index in [-0.39, 0.29) is 6.47 Å². The smallest absolute Gasteiger partial charge is 0.290 e. The zero-order valence-electron chi connectivity index (χ0n) is 13.0. The molecule has 120 valence electrons. The van der Waals surface area contributed by atoms with Gasteiger partial charge in [-0.25, -0.2) is 9.97 Å². The lowest BCUT2D eigenvalue weighted by atomic mass is 10.1. The Bertz CT molecular complexity index is 838. The molecule has 0 spiro atoms. The summed E-state index contributed by atoms with van der Waals surface area (Å²) in [4.78, 5) is 22.9. The Kier molecular flexibility index (Phi) is 3.96. The van der Waals surface area contributed by atoms with Gasteiger partial charge in [0.05, 0.1) is 30.5 Å². The molecule has 0 amide bonds. The first-order chi connectivity index (χ1) is 11.2. The van der Waals surface area contributed by atoms with Crippen LogP contribution in [0.4, 0.5) is 5.82 Å². The van der Waals surface area contributed by atoms with E-state index in [0.717, 1.165) is 36.7 Å². The number of carbonyl (C=O) groups is 1. The number of carboxylic acid groups (broad SMARTS) is 1. The maximum atomic E-state index is 8.36. The van der Waals surface area contributed by atoms with Gasteiger partial charge in [-0.15, -0.1) is 0 Å². The van der Waals surface area contributed by atoms with Crippen LogP contribution in [0.1, 0.15) is 22.6 Å². The molecule has 23 heavy (non-hydrogen) atoms. The SMILES string of the molecule is Cc1nc2ccnn2c(N2CCc3nc[nH]c3C2)c1C.O=CO. The Labute approximate surface area is 132 Å². The molecule has 0 aromatic carbocycles. The number of nitrogens with one attached hydrogen (secondary N) is 1. The largest absolute Gasteiger partial charge is 0.483 e. The van der Waals surface area contributed by atoms with Gasteiger partial charge < -0.3 is 15.0 Å². The van der Waals surface area contributed by atoms with Crippen LogP contribution in [0.2, 0.25) is 0 Å². The number of H-pyrrole nitrogens is 1. The monoisotopic (exact) mass is 314 g/mol. The van der Waals surface area contributed by atoms with Gasteiger partial charge in [-0.05, 0) is 13.8 Å². The number of rotatable bonds is 1. The second kappa shape index (κ2) is 6.07. The topological polar surface area (TPSA) is 99.4 Å². The predicted octanol–water partition coefficient (Wildman–Crippen LogP) is 1.33. The molecule has 3 aromatic heterocycles. The minimum Gasteiger partial charge on any atom is -0.483 e. The number of anilines is 1. The zero-order valence-corrected chi connectivity index (χ0v) is 13.0. The number of hydrogen-bond donors (Lipinski definition) is 2. The highest BCUT2D eigenvalue weighted by Crippen LogP contribution is 2.27.